The summed E-state index contributed by atoms with van der Waals surface area (Å²) in [6, 6.07) is -0.175. The molecule has 1 unspecified atom stereocenters. The smallest absolute Gasteiger partial charge is 0.317 e. The molecule has 0 aromatic carbocycles. The highest BCUT2D eigenvalue weighted by Crippen LogP contribution is 2.29. The molecular weight excluding hydrogens is 272 g/mol. The first-order valence-corrected chi connectivity index (χ1v) is 7.69. The number of nitrogens with zero attached hydrogens (tertiary/aromatic N) is 1. The van der Waals surface area contributed by atoms with Gasteiger partial charge in [-0.1, -0.05) is 13.8 Å². The summed E-state index contributed by atoms with van der Waals surface area (Å²) in [7, 11) is 0. The van der Waals surface area contributed by atoms with Gasteiger partial charge in [0.15, 0.2) is 0 Å². The Bertz CT molecular complexity index is 360. The number of aliphatic carboxylic acids is 1. The molecule has 1 saturated heterocycles. The topological polar surface area (TPSA) is 78.9 Å². The van der Waals surface area contributed by atoms with Crippen LogP contribution in [0.25, 0.3) is 0 Å². The highest BCUT2D eigenvalue weighted by Gasteiger charge is 2.39. The average Bonchev–Trinajstić information content (AvgIpc) is 2.42. The second kappa shape index (κ2) is 8.22. The van der Waals surface area contributed by atoms with Gasteiger partial charge in [0.1, 0.15) is 0 Å². The van der Waals surface area contributed by atoms with Gasteiger partial charge in [0.25, 0.3) is 0 Å². The predicted molar refractivity (Wildman–Crippen MR) is 80.2 cm³/mol. The molecule has 0 radical (unpaired) electrons. The third-order valence-corrected chi connectivity index (χ3v) is 3.69. The third kappa shape index (κ3) is 5.91. The van der Waals surface area contributed by atoms with Crippen molar-refractivity contribution in [3.63, 3.8) is 0 Å². The number of carboxylic acid groups (broad SMARTS) is 1. The number of rotatable bonds is 7. The van der Waals surface area contributed by atoms with Crippen molar-refractivity contribution >= 4 is 12.0 Å². The van der Waals surface area contributed by atoms with E-state index in [2.05, 4.69) is 19.2 Å². The van der Waals surface area contributed by atoms with E-state index in [4.69, 9.17) is 4.74 Å². The molecule has 0 spiro atoms. The van der Waals surface area contributed by atoms with Gasteiger partial charge < -0.3 is 20.1 Å². The second-order valence-electron chi connectivity index (χ2n) is 6.45. The number of carbonyl (C=O) groups is 2. The summed E-state index contributed by atoms with van der Waals surface area (Å²) in [4.78, 5) is 24.9. The van der Waals surface area contributed by atoms with Crippen LogP contribution in [-0.4, -0.2) is 54.9 Å². The molecule has 1 atom stereocenters. The van der Waals surface area contributed by atoms with Gasteiger partial charge in [-0.2, -0.15) is 0 Å². The highest BCUT2D eigenvalue weighted by molar-refractivity contribution is 5.78. The van der Waals surface area contributed by atoms with Crippen LogP contribution in [0.5, 0.6) is 0 Å². The maximum Gasteiger partial charge on any atom is 0.317 e. The minimum absolute atomic E-state index is 0.175. The zero-order valence-electron chi connectivity index (χ0n) is 13.4. The number of nitrogens with one attached hydrogen (secondary N) is 1. The molecular formula is C15H28N2O4. The number of carbonyl (C=O) groups excluding carboxylic acids is 1. The van der Waals surface area contributed by atoms with E-state index in [-0.39, 0.29) is 12.6 Å². The zero-order valence-corrected chi connectivity index (χ0v) is 13.4. The number of likely N-dealkylation sites (tertiary alicyclic amines) is 1. The first-order chi connectivity index (χ1) is 9.85. The lowest BCUT2D eigenvalue weighted by Gasteiger charge is -2.37. The van der Waals surface area contributed by atoms with Gasteiger partial charge in [-0.15, -0.1) is 0 Å². The molecule has 1 fully saturated rings. The molecule has 21 heavy (non-hydrogen) atoms. The van der Waals surface area contributed by atoms with Crippen LogP contribution >= 0.6 is 0 Å². The van der Waals surface area contributed by atoms with Gasteiger partial charge in [0.2, 0.25) is 0 Å². The molecule has 1 aliphatic rings. The Morgan fingerprint density at radius 2 is 2.14 bits per heavy atom. The average molecular weight is 300 g/mol. The Balaban J connectivity index is 2.24. The molecule has 0 saturated carbocycles. The molecule has 0 aromatic heterocycles. The Hall–Kier alpha value is -1.30. The van der Waals surface area contributed by atoms with Gasteiger partial charge in [-0.3, -0.25) is 4.79 Å². The normalized spacial score (nSPS) is 22.4. The van der Waals surface area contributed by atoms with Gasteiger partial charge >= 0.3 is 12.0 Å². The van der Waals surface area contributed by atoms with Crippen LogP contribution < -0.4 is 5.32 Å². The van der Waals surface area contributed by atoms with Gasteiger partial charge in [0.05, 0.1) is 5.41 Å². The quantitative estimate of drug-likeness (QED) is 0.704. The van der Waals surface area contributed by atoms with Crippen LogP contribution in [0.4, 0.5) is 4.79 Å². The summed E-state index contributed by atoms with van der Waals surface area (Å²) < 4.78 is 5.44. The number of carboxylic acids is 1. The van der Waals surface area contributed by atoms with Crippen LogP contribution in [0.2, 0.25) is 0 Å². The third-order valence-electron chi connectivity index (χ3n) is 3.69. The molecule has 122 valence electrons. The molecule has 1 heterocycles. The van der Waals surface area contributed by atoms with Crippen molar-refractivity contribution in [3.05, 3.63) is 0 Å². The lowest BCUT2D eigenvalue weighted by Crippen LogP contribution is -2.51. The molecule has 6 nitrogen and oxygen atoms in total. The number of piperidine rings is 1. The van der Waals surface area contributed by atoms with E-state index in [1.165, 1.54) is 0 Å². The van der Waals surface area contributed by atoms with Crippen molar-refractivity contribution in [1.29, 1.82) is 0 Å². The minimum atomic E-state index is -0.831. The summed E-state index contributed by atoms with van der Waals surface area (Å²) >= 11 is 0. The molecule has 2 N–H and O–H groups in total. The summed E-state index contributed by atoms with van der Waals surface area (Å²) in [6.45, 7) is 8.71. The van der Waals surface area contributed by atoms with Crippen molar-refractivity contribution < 1.29 is 19.4 Å². The summed E-state index contributed by atoms with van der Waals surface area (Å²) in [6.07, 6.45) is 2.12. The zero-order chi connectivity index (χ0) is 15.9. The monoisotopic (exact) mass is 300 g/mol. The Morgan fingerprint density at radius 1 is 1.43 bits per heavy atom. The SMILES string of the molecule is CC(C)COCCCNC(=O)N1CCCC(C)(C(=O)O)C1. The fourth-order valence-electron chi connectivity index (χ4n) is 2.39. The number of ether oxygens (including phenoxy) is 1. The molecule has 1 aliphatic heterocycles. The molecule has 6 heteroatoms. The van der Waals surface area contributed by atoms with Crippen LogP contribution in [0, 0.1) is 11.3 Å². The van der Waals surface area contributed by atoms with E-state index >= 15 is 0 Å². The van der Waals surface area contributed by atoms with Crippen molar-refractivity contribution in [2.24, 2.45) is 11.3 Å². The van der Waals surface area contributed by atoms with Crippen molar-refractivity contribution in [1.82, 2.24) is 10.2 Å². The Kier molecular flexibility index (Phi) is 6.95. The molecule has 1 rings (SSSR count). The second-order valence-corrected chi connectivity index (χ2v) is 6.45. The molecule has 2 amide bonds. The van der Waals surface area contributed by atoms with E-state index in [1.807, 2.05) is 0 Å². The molecule has 0 aliphatic carbocycles. The minimum Gasteiger partial charge on any atom is -0.481 e. The van der Waals surface area contributed by atoms with E-state index in [1.54, 1.807) is 11.8 Å². The first kappa shape index (κ1) is 17.8. The Labute approximate surface area is 126 Å². The van der Waals surface area contributed by atoms with E-state index in [0.29, 0.717) is 32.0 Å². The van der Waals surface area contributed by atoms with E-state index < -0.39 is 11.4 Å². The summed E-state index contributed by atoms with van der Waals surface area (Å²) in [5.41, 5.74) is -0.823. The number of amides is 2. The fourth-order valence-corrected chi connectivity index (χ4v) is 2.39. The highest BCUT2D eigenvalue weighted by atomic mass is 16.5. The van der Waals surface area contributed by atoms with Crippen molar-refractivity contribution in [3.8, 4) is 0 Å². The predicted octanol–water partition coefficient (Wildman–Crippen LogP) is 1.95. The lowest BCUT2D eigenvalue weighted by atomic mass is 9.82. The summed E-state index contributed by atoms with van der Waals surface area (Å²) in [5.74, 6) is -0.316. The molecule has 0 bridgehead atoms. The maximum absolute atomic E-state index is 12.0. The van der Waals surface area contributed by atoms with Crippen LogP contribution in [0.1, 0.15) is 40.0 Å². The largest absolute Gasteiger partial charge is 0.481 e. The molecule has 0 aromatic rings. The van der Waals surface area contributed by atoms with Crippen molar-refractivity contribution in [2.75, 3.05) is 32.8 Å². The number of hydrogen-bond acceptors (Lipinski definition) is 3. The standard InChI is InChI=1S/C15H28N2O4/c1-12(2)10-21-9-5-7-16-14(20)17-8-4-6-15(3,11-17)13(18)19/h12H,4-11H2,1-3H3,(H,16,20)(H,18,19). The number of hydrogen-bond donors (Lipinski definition) is 2. The van der Waals surface area contributed by atoms with Crippen LogP contribution in [-0.2, 0) is 9.53 Å². The maximum atomic E-state index is 12.0. The fraction of sp³-hybridized carbons (Fsp3) is 0.867. The van der Waals surface area contributed by atoms with E-state index in [9.17, 15) is 14.7 Å². The van der Waals surface area contributed by atoms with Gasteiger partial charge in [-0.05, 0) is 32.1 Å². The van der Waals surface area contributed by atoms with Crippen LogP contribution in [0.15, 0.2) is 0 Å². The number of urea groups is 1. The lowest BCUT2D eigenvalue weighted by molar-refractivity contribution is -0.150. The van der Waals surface area contributed by atoms with Gasteiger partial charge in [0, 0.05) is 32.8 Å². The first-order valence-electron chi connectivity index (χ1n) is 7.69. The van der Waals surface area contributed by atoms with E-state index in [0.717, 1.165) is 19.4 Å². The summed E-state index contributed by atoms with van der Waals surface area (Å²) in [5, 5.41) is 12.1. The Morgan fingerprint density at radius 3 is 2.76 bits per heavy atom. The van der Waals surface area contributed by atoms with Gasteiger partial charge in [-0.25, -0.2) is 4.79 Å². The van der Waals surface area contributed by atoms with Crippen molar-refractivity contribution in [2.45, 2.75) is 40.0 Å². The van der Waals surface area contributed by atoms with Crippen LogP contribution in [0.3, 0.4) is 0 Å².